The van der Waals surface area contributed by atoms with Crippen LogP contribution in [0.4, 0.5) is 0 Å². The van der Waals surface area contributed by atoms with Gasteiger partial charge in [0.25, 0.3) is 0 Å². The number of nitrogens with zero attached hydrogens (tertiary/aromatic N) is 1. The van der Waals surface area contributed by atoms with Gasteiger partial charge in [0.15, 0.2) is 0 Å². The van der Waals surface area contributed by atoms with E-state index in [-0.39, 0.29) is 23.8 Å². The van der Waals surface area contributed by atoms with E-state index in [1.807, 2.05) is 18.7 Å². The fraction of sp³-hybridized carbons (Fsp3) is 0.833. The van der Waals surface area contributed by atoms with Gasteiger partial charge in [-0.1, -0.05) is 13.8 Å². The van der Waals surface area contributed by atoms with Gasteiger partial charge in [-0.15, -0.1) is 0 Å². The number of amides is 2. The second-order valence-electron chi connectivity index (χ2n) is 8.22. The summed E-state index contributed by atoms with van der Waals surface area (Å²) in [5, 5.41) is 12.2. The van der Waals surface area contributed by atoms with Crippen LogP contribution in [0.25, 0.3) is 0 Å². The Hall–Kier alpha value is -1.59. The molecule has 134 valence electrons. The first-order valence-corrected chi connectivity index (χ1v) is 9.14. The largest absolute Gasteiger partial charge is 0.481 e. The van der Waals surface area contributed by atoms with Crippen molar-refractivity contribution in [1.29, 1.82) is 0 Å². The average Bonchev–Trinajstić information content (AvgIpc) is 2.89. The molecule has 2 N–H and O–H groups in total. The van der Waals surface area contributed by atoms with E-state index in [0.717, 1.165) is 38.8 Å². The summed E-state index contributed by atoms with van der Waals surface area (Å²) in [5.41, 5.74) is -0.475. The first-order valence-electron chi connectivity index (χ1n) is 9.14. The molecule has 1 heterocycles. The molecule has 0 unspecified atom stereocenters. The van der Waals surface area contributed by atoms with Crippen LogP contribution in [-0.4, -0.2) is 46.9 Å². The second kappa shape index (κ2) is 6.37. The average molecular weight is 336 g/mol. The summed E-state index contributed by atoms with van der Waals surface area (Å²) >= 11 is 0. The predicted molar refractivity (Wildman–Crippen MR) is 88.1 cm³/mol. The van der Waals surface area contributed by atoms with Crippen LogP contribution in [-0.2, 0) is 14.4 Å². The van der Waals surface area contributed by atoms with Gasteiger partial charge in [-0.25, -0.2) is 0 Å². The fourth-order valence-corrected chi connectivity index (χ4v) is 4.59. The van der Waals surface area contributed by atoms with E-state index in [9.17, 15) is 19.5 Å². The smallest absolute Gasteiger partial charge is 0.307 e. The van der Waals surface area contributed by atoms with Crippen molar-refractivity contribution in [3.05, 3.63) is 0 Å². The molecule has 1 aliphatic heterocycles. The van der Waals surface area contributed by atoms with Crippen molar-refractivity contribution in [3.8, 4) is 0 Å². The van der Waals surface area contributed by atoms with Crippen molar-refractivity contribution >= 4 is 17.8 Å². The van der Waals surface area contributed by atoms with E-state index in [4.69, 9.17) is 0 Å². The molecule has 4 atom stereocenters. The lowest BCUT2D eigenvalue weighted by Crippen LogP contribution is -2.40. The van der Waals surface area contributed by atoms with E-state index in [0.29, 0.717) is 6.42 Å². The van der Waals surface area contributed by atoms with E-state index in [1.54, 1.807) is 0 Å². The quantitative estimate of drug-likeness (QED) is 0.817. The molecule has 0 spiro atoms. The van der Waals surface area contributed by atoms with Crippen molar-refractivity contribution in [1.82, 2.24) is 10.2 Å². The highest BCUT2D eigenvalue weighted by Gasteiger charge is 2.66. The molecule has 1 saturated heterocycles. The van der Waals surface area contributed by atoms with Crippen LogP contribution in [0.5, 0.6) is 0 Å². The molecule has 0 aromatic carbocycles. The Morgan fingerprint density at radius 3 is 2.29 bits per heavy atom. The monoisotopic (exact) mass is 336 g/mol. The molecule has 24 heavy (non-hydrogen) atoms. The summed E-state index contributed by atoms with van der Waals surface area (Å²) in [6.45, 7) is 5.38. The van der Waals surface area contributed by atoms with Gasteiger partial charge in [-0.2, -0.15) is 0 Å². The highest BCUT2D eigenvalue weighted by molar-refractivity contribution is 5.91. The lowest BCUT2D eigenvalue weighted by Gasteiger charge is -2.29. The zero-order chi connectivity index (χ0) is 17.5. The van der Waals surface area contributed by atoms with Crippen LogP contribution in [0.15, 0.2) is 0 Å². The Kier molecular flexibility index (Phi) is 4.58. The van der Waals surface area contributed by atoms with Gasteiger partial charge in [0.2, 0.25) is 11.8 Å². The van der Waals surface area contributed by atoms with Crippen molar-refractivity contribution in [3.63, 3.8) is 0 Å². The third-order valence-electron chi connectivity index (χ3n) is 6.17. The Morgan fingerprint density at radius 1 is 1.04 bits per heavy atom. The molecule has 2 saturated carbocycles. The van der Waals surface area contributed by atoms with E-state index in [2.05, 4.69) is 5.32 Å². The minimum atomic E-state index is -0.898. The summed E-state index contributed by atoms with van der Waals surface area (Å²) < 4.78 is 0. The number of nitrogens with one attached hydrogen (secondary N) is 1. The van der Waals surface area contributed by atoms with E-state index < -0.39 is 23.2 Å². The van der Waals surface area contributed by atoms with Crippen LogP contribution in [0.1, 0.15) is 52.4 Å². The fourth-order valence-electron chi connectivity index (χ4n) is 4.59. The Morgan fingerprint density at radius 2 is 1.71 bits per heavy atom. The summed E-state index contributed by atoms with van der Waals surface area (Å²) in [7, 11) is 0. The number of hydrogen-bond acceptors (Lipinski definition) is 3. The molecule has 0 aromatic rings. The van der Waals surface area contributed by atoms with E-state index >= 15 is 0 Å². The molecular formula is C18H28N2O4. The van der Waals surface area contributed by atoms with Crippen molar-refractivity contribution < 1.29 is 19.5 Å². The van der Waals surface area contributed by atoms with Gasteiger partial charge in [0.05, 0.1) is 11.8 Å². The standard InChI is InChI=1S/C18H28N2O4/c1-18(2)13(14(18)17(23)24)15(21)19-12-7-6-11(10-12)16(22)20-8-4-3-5-9-20/h11-14H,3-10H2,1-2H3,(H,19,21)(H,23,24)/t11-,12+,13-,14+/m1/s1. The lowest BCUT2D eigenvalue weighted by atomic mass is 10.0. The van der Waals surface area contributed by atoms with Crippen molar-refractivity contribution in [2.24, 2.45) is 23.2 Å². The minimum absolute atomic E-state index is 0.00193. The summed E-state index contributed by atoms with van der Waals surface area (Å²) in [4.78, 5) is 38.1. The maximum absolute atomic E-state index is 12.6. The Labute approximate surface area is 143 Å². The molecule has 3 aliphatic rings. The first kappa shape index (κ1) is 17.2. The second-order valence-corrected chi connectivity index (χ2v) is 8.22. The van der Waals surface area contributed by atoms with Crippen molar-refractivity contribution in [2.45, 2.75) is 58.4 Å². The first-order chi connectivity index (χ1) is 11.3. The van der Waals surface area contributed by atoms with Crippen molar-refractivity contribution in [2.75, 3.05) is 13.1 Å². The number of carbonyl (C=O) groups excluding carboxylic acids is 2. The molecule has 3 rings (SSSR count). The SMILES string of the molecule is CC1(C)[C@H](C(=O)O)[C@@H]1C(=O)N[C@H]1CC[C@@H](C(=O)N2CCCCC2)C1. The molecule has 0 aromatic heterocycles. The van der Waals surface area contributed by atoms with Gasteiger partial charge < -0.3 is 15.3 Å². The molecule has 6 heteroatoms. The topological polar surface area (TPSA) is 86.7 Å². The number of aliphatic carboxylic acids is 1. The van der Waals surface area contributed by atoms with Gasteiger partial charge >= 0.3 is 5.97 Å². The molecular weight excluding hydrogens is 308 g/mol. The Balaban J connectivity index is 1.50. The molecule has 2 aliphatic carbocycles. The highest BCUT2D eigenvalue weighted by atomic mass is 16.4. The number of rotatable bonds is 4. The highest BCUT2D eigenvalue weighted by Crippen LogP contribution is 2.58. The molecule has 0 bridgehead atoms. The molecule has 3 fully saturated rings. The van der Waals surface area contributed by atoms with Crippen LogP contribution >= 0.6 is 0 Å². The number of piperidine rings is 1. The third-order valence-corrected chi connectivity index (χ3v) is 6.17. The zero-order valence-electron chi connectivity index (χ0n) is 14.6. The lowest BCUT2D eigenvalue weighted by molar-refractivity contribution is -0.140. The number of carboxylic acids is 1. The van der Waals surface area contributed by atoms with Gasteiger partial charge in [-0.3, -0.25) is 14.4 Å². The normalized spacial score (nSPS) is 34.7. The van der Waals surface area contributed by atoms with Crippen LogP contribution in [0.2, 0.25) is 0 Å². The maximum atomic E-state index is 12.6. The molecule has 0 radical (unpaired) electrons. The van der Waals surface area contributed by atoms with Gasteiger partial charge in [-0.05, 0) is 43.9 Å². The number of carboxylic acid groups (broad SMARTS) is 1. The summed E-state index contributed by atoms with van der Waals surface area (Å²) in [6, 6.07) is 0.00193. The summed E-state index contributed by atoms with van der Waals surface area (Å²) in [6.07, 6.45) is 5.69. The van der Waals surface area contributed by atoms with Crippen LogP contribution < -0.4 is 5.32 Å². The maximum Gasteiger partial charge on any atom is 0.307 e. The summed E-state index contributed by atoms with van der Waals surface area (Å²) in [5.74, 6) is -1.86. The number of hydrogen-bond donors (Lipinski definition) is 2. The van der Waals surface area contributed by atoms with E-state index in [1.165, 1.54) is 6.42 Å². The number of carbonyl (C=O) groups is 3. The van der Waals surface area contributed by atoms with Crippen LogP contribution in [0.3, 0.4) is 0 Å². The minimum Gasteiger partial charge on any atom is -0.481 e. The van der Waals surface area contributed by atoms with Crippen LogP contribution in [0, 0.1) is 23.2 Å². The predicted octanol–water partition coefficient (Wildman–Crippen LogP) is 1.64. The number of likely N-dealkylation sites (tertiary alicyclic amines) is 1. The zero-order valence-corrected chi connectivity index (χ0v) is 14.6. The third kappa shape index (κ3) is 3.15. The van der Waals surface area contributed by atoms with Gasteiger partial charge in [0, 0.05) is 25.0 Å². The Bertz CT molecular complexity index is 539. The van der Waals surface area contributed by atoms with Gasteiger partial charge in [0.1, 0.15) is 0 Å². The molecule has 6 nitrogen and oxygen atoms in total. The molecule has 2 amide bonds.